The van der Waals surface area contributed by atoms with Crippen LogP contribution in [0.15, 0.2) is 97.2 Å². The van der Waals surface area contributed by atoms with Crippen LogP contribution in [0, 0.1) is 0 Å². The maximum atomic E-state index is 13.3. The van der Waals surface area contributed by atoms with E-state index in [-0.39, 0.29) is 35.4 Å². The number of benzene rings is 3. The minimum absolute atomic E-state index is 0.00916. The van der Waals surface area contributed by atoms with E-state index in [1.54, 1.807) is 24.4 Å². The van der Waals surface area contributed by atoms with Crippen LogP contribution in [-0.2, 0) is 26.3 Å². The van der Waals surface area contributed by atoms with E-state index in [4.69, 9.17) is 21.4 Å². The number of nitrogens with zero attached hydrogens (tertiary/aromatic N) is 5. The summed E-state index contributed by atoms with van der Waals surface area (Å²) in [5.74, 6) is -1.09. The van der Waals surface area contributed by atoms with Gasteiger partial charge in [-0.15, -0.1) is 0 Å². The van der Waals surface area contributed by atoms with Gasteiger partial charge < -0.3 is 22.1 Å². The Kier molecular flexibility index (Phi) is 11.7. The van der Waals surface area contributed by atoms with Crippen LogP contribution in [0.1, 0.15) is 96.1 Å². The second kappa shape index (κ2) is 17.8. The Morgan fingerprint density at radius 1 is 0.844 bits per heavy atom. The Balaban J connectivity index is 0.766. The van der Waals surface area contributed by atoms with Crippen LogP contribution < -0.4 is 27.4 Å². The van der Waals surface area contributed by atoms with E-state index in [0.717, 1.165) is 83.4 Å². The van der Waals surface area contributed by atoms with E-state index in [9.17, 15) is 24.0 Å². The zero-order valence-electron chi connectivity index (χ0n) is 35.4. The third-order valence-electron chi connectivity index (χ3n) is 12.6. The number of carbonyl (C=O) groups excluding carboxylic acids is 5. The molecule has 0 radical (unpaired) electrons. The number of amides is 5. The average Bonchev–Trinajstić information content (AvgIpc) is 3.79. The van der Waals surface area contributed by atoms with Crippen molar-refractivity contribution < 1.29 is 24.0 Å². The first-order valence-electron chi connectivity index (χ1n) is 22.0. The van der Waals surface area contributed by atoms with E-state index in [1.165, 1.54) is 0 Å². The molecule has 326 valence electrons. The van der Waals surface area contributed by atoms with Crippen molar-refractivity contribution in [2.45, 2.75) is 82.2 Å². The maximum Gasteiger partial charge on any atom is 0.264 e. The van der Waals surface area contributed by atoms with Gasteiger partial charge in [0.25, 0.3) is 11.8 Å². The number of piperidine rings is 1. The topological polar surface area (TPSA) is 220 Å². The normalized spacial score (nSPS) is 16.7. The van der Waals surface area contributed by atoms with Gasteiger partial charge in [0, 0.05) is 54.6 Å². The Bertz CT molecular complexity index is 2800. The van der Waals surface area contributed by atoms with Gasteiger partial charge in [-0.2, -0.15) is 0 Å². The zero-order chi connectivity index (χ0) is 44.4. The zero-order valence-corrected chi connectivity index (χ0v) is 35.4. The van der Waals surface area contributed by atoms with Crippen LogP contribution in [0.25, 0.3) is 39.5 Å². The third kappa shape index (κ3) is 8.33. The molecule has 1 saturated carbocycles. The van der Waals surface area contributed by atoms with Crippen LogP contribution in [0.4, 0.5) is 11.5 Å². The summed E-state index contributed by atoms with van der Waals surface area (Å²) in [6.07, 6.45) is 9.31. The fourth-order valence-electron chi connectivity index (χ4n) is 8.89. The number of hydrogen-bond donors (Lipinski definition) is 5. The van der Waals surface area contributed by atoms with Crippen LogP contribution in [0.3, 0.4) is 0 Å². The molecule has 1 saturated heterocycles. The molecule has 3 aliphatic rings. The van der Waals surface area contributed by atoms with Crippen LogP contribution >= 0.6 is 0 Å². The van der Waals surface area contributed by atoms with Crippen molar-refractivity contribution in [2.24, 2.45) is 5.73 Å². The molecule has 6 aromatic rings. The second-order valence-corrected chi connectivity index (χ2v) is 16.9. The molecule has 9 rings (SSSR count). The molecule has 3 aromatic heterocycles. The molecule has 15 nitrogen and oxygen atoms in total. The molecule has 2 aliphatic heterocycles. The van der Waals surface area contributed by atoms with Crippen molar-refractivity contribution in [3.05, 3.63) is 119 Å². The van der Waals surface area contributed by atoms with Gasteiger partial charge in [0.1, 0.15) is 17.4 Å². The van der Waals surface area contributed by atoms with Gasteiger partial charge in [0.15, 0.2) is 11.5 Å². The Hall–Kier alpha value is -7.26. The molecule has 64 heavy (non-hydrogen) atoms. The molecule has 0 bridgehead atoms. The van der Waals surface area contributed by atoms with Crippen molar-refractivity contribution in [2.75, 3.05) is 24.1 Å². The number of fused-ring (bicyclic) bond motifs is 2. The highest BCUT2D eigenvalue weighted by Gasteiger charge is 2.45. The predicted octanol–water partition coefficient (Wildman–Crippen LogP) is 6.19. The van der Waals surface area contributed by atoms with Gasteiger partial charge in [0.2, 0.25) is 17.7 Å². The summed E-state index contributed by atoms with van der Waals surface area (Å²) in [5, 5.41) is 8.56. The van der Waals surface area contributed by atoms with E-state index >= 15 is 0 Å². The number of nitrogens with two attached hydrogens (primary N) is 2. The molecule has 3 aromatic carbocycles. The summed E-state index contributed by atoms with van der Waals surface area (Å²) in [4.78, 5) is 78.8. The van der Waals surface area contributed by atoms with Gasteiger partial charge in [0.05, 0.1) is 22.4 Å². The first-order valence-corrected chi connectivity index (χ1v) is 22.0. The van der Waals surface area contributed by atoms with Gasteiger partial charge in [-0.3, -0.25) is 38.8 Å². The van der Waals surface area contributed by atoms with E-state index < -0.39 is 29.7 Å². The minimum atomic E-state index is -1.01. The van der Waals surface area contributed by atoms with E-state index in [1.807, 2.05) is 47.0 Å². The number of carbonyl (C=O) groups is 5. The summed E-state index contributed by atoms with van der Waals surface area (Å²) in [6, 6.07) is 28.2. The highest BCUT2D eigenvalue weighted by Crippen LogP contribution is 2.40. The van der Waals surface area contributed by atoms with Crippen molar-refractivity contribution >= 4 is 52.2 Å². The number of hydrogen-bond acceptors (Lipinski definition) is 11. The number of aryl methyl sites for hydroxylation is 1. The Morgan fingerprint density at radius 2 is 1.62 bits per heavy atom. The lowest BCUT2D eigenvalue weighted by Crippen LogP contribution is -2.54. The van der Waals surface area contributed by atoms with Crippen molar-refractivity contribution in [3.63, 3.8) is 0 Å². The molecule has 5 heterocycles. The van der Waals surface area contributed by atoms with Crippen LogP contribution in [0.2, 0.25) is 0 Å². The highest BCUT2D eigenvalue weighted by molar-refractivity contribution is 6.25. The first-order chi connectivity index (χ1) is 31.1. The standard InChI is InChI=1S/C49H50N10O5/c50-43-35(12-7-28-54-43)44-56-38-20-19-36(55-45(38)58(44)33-17-15-32(16-18-33)49(51)24-8-25-49)31-10-5-9-30(29-31)14-22-40(60)53-27-4-2-1-3-26-52-37-13-6-11-34-42(37)48(64)59(47(34)63)39-21-23-41(61)57-46(39)62/h5-7,9-13,15-20,28-29,39,52H,1-4,8,14,21-27,51H2,(H2,50,54)(H,53,60)(H,57,61,62). The largest absolute Gasteiger partial charge is 0.384 e. The fraction of sp³-hybridized carbons (Fsp3) is 0.306. The summed E-state index contributed by atoms with van der Waals surface area (Å²) >= 11 is 0. The summed E-state index contributed by atoms with van der Waals surface area (Å²) in [7, 11) is 0. The van der Waals surface area contributed by atoms with Crippen molar-refractivity contribution in [1.82, 2.24) is 35.1 Å². The minimum Gasteiger partial charge on any atom is -0.384 e. The third-order valence-corrected chi connectivity index (χ3v) is 12.6. The lowest BCUT2D eigenvalue weighted by Gasteiger charge is -2.38. The van der Waals surface area contributed by atoms with Crippen LogP contribution in [0.5, 0.6) is 0 Å². The molecule has 1 unspecified atom stereocenters. The molecule has 1 atom stereocenters. The van der Waals surface area contributed by atoms with E-state index in [2.05, 4.69) is 51.3 Å². The highest BCUT2D eigenvalue weighted by atomic mass is 16.2. The van der Waals surface area contributed by atoms with Gasteiger partial charge in [-0.05, 0) is 111 Å². The van der Waals surface area contributed by atoms with Crippen molar-refractivity contribution in [1.29, 1.82) is 0 Å². The lowest BCUT2D eigenvalue weighted by molar-refractivity contribution is -0.136. The SMILES string of the molecule is Nc1ncccc1-c1nc2ccc(-c3cccc(CCC(=O)NCCCCCCNc4cccc5c4C(=O)N(C4CCC(=O)NC4=O)C5=O)c3)nc2n1-c1ccc(C2(N)CCC2)cc1. The molecular weight excluding hydrogens is 809 g/mol. The number of rotatable bonds is 16. The number of imidazole rings is 1. The first kappa shape index (κ1) is 42.1. The molecular formula is C49H50N10O5. The Labute approximate surface area is 370 Å². The van der Waals surface area contributed by atoms with Gasteiger partial charge >= 0.3 is 0 Å². The average molecular weight is 859 g/mol. The van der Waals surface area contributed by atoms with Crippen LogP contribution in [-0.4, -0.2) is 73.1 Å². The van der Waals surface area contributed by atoms with E-state index in [0.29, 0.717) is 54.5 Å². The lowest BCUT2D eigenvalue weighted by atomic mass is 9.73. The molecule has 5 amide bonds. The fourth-order valence-corrected chi connectivity index (χ4v) is 8.89. The molecule has 7 N–H and O–H groups in total. The number of anilines is 2. The van der Waals surface area contributed by atoms with Gasteiger partial charge in [-0.25, -0.2) is 15.0 Å². The number of aromatic nitrogens is 4. The quantitative estimate of drug-likeness (QED) is 0.0546. The predicted molar refractivity (Wildman–Crippen MR) is 243 cm³/mol. The summed E-state index contributed by atoms with van der Waals surface area (Å²) in [6.45, 7) is 1.16. The monoisotopic (exact) mass is 858 g/mol. The summed E-state index contributed by atoms with van der Waals surface area (Å²) < 4.78 is 2.02. The number of nitrogens with one attached hydrogen (secondary N) is 3. The summed E-state index contributed by atoms with van der Waals surface area (Å²) in [5.41, 5.74) is 20.6. The van der Waals surface area contributed by atoms with Crippen molar-refractivity contribution in [3.8, 4) is 28.3 Å². The molecule has 2 fully saturated rings. The number of imide groups is 2. The molecule has 0 spiro atoms. The maximum absolute atomic E-state index is 13.3. The molecule has 15 heteroatoms. The number of unbranched alkanes of at least 4 members (excludes halogenated alkanes) is 3. The van der Waals surface area contributed by atoms with Gasteiger partial charge in [-0.1, -0.05) is 49.2 Å². The Morgan fingerprint density at radius 3 is 2.39 bits per heavy atom. The smallest absolute Gasteiger partial charge is 0.264 e. The number of nitrogen functional groups attached to an aromatic ring is 1. The molecule has 1 aliphatic carbocycles. The number of pyridine rings is 2. The second-order valence-electron chi connectivity index (χ2n) is 16.9.